The molecule has 0 spiro atoms. The van der Waals surface area contributed by atoms with Gasteiger partial charge in [0, 0.05) is 140 Å². The summed E-state index contributed by atoms with van der Waals surface area (Å²) in [6, 6.07) is 29.0. The second-order valence-corrected chi connectivity index (χ2v) is 17.5. The number of piperazine rings is 4. The van der Waals surface area contributed by atoms with Crippen molar-refractivity contribution < 1.29 is 62.5 Å². The minimum absolute atomic E-state index is 0.00958. The van der Waals surface area contributed by atoms with Crippen molar-refractivity contribution in [2.45, 2.75) is 6.82 Å². The second kappa shape index (κ2) is 37.3. The van der Waals surface area contributed by atoms with Crippen molar-refractivity contribution in [3.8, 4) is 0 Å². The van der Waals surface area contributed by atoms with Crippen molar-refractivity contribution in [3.63, 3.8) is 0 Å². The summed E-state index contributed by atoms with van der Waals surface area (Å²) in [6.07, 6.45) is 0. The smallest absolute Gasteiger partial charge is 0.337 e. The average molecular weight is 1110 g/mol. The van der Waals surface area contributed by atoms with Gasteiger partial charge in [0.25, 0.3) is 5.91 Å². The Hall–Kier alpha value is -7.67. The zero-order valence-corrected chi connectivity index (χ0v) is 46.7. The molecule has 4 aliphatic heterocycles. The van der Waals surface area contributed by atoms with Gasteiger partial charge in [-0.1, -0.05) is 0 Å². The van der Waals surface area contributed by atoms with E-state index in [1.807, 2.05) is 48.5 Å². The van der Waals surface area contributed by atoms with Gasteiger partial charge in [0.15, 0.2) is 17.4 Å². The van der Waals surface area contributed by atoms with Crippen molar-refractivity contribution >= 4 is 102 Å². The Balaban J connectivity index is 0.000000270. The molecule has 425 valence electrons. The van der Waals surface area contributed by atoms with Crippen molar-refractivity contribution in [2.75, 3.05) is 159 Å². The predicted molar refractivity (Wildman–Crippen MR) is 314 cm³/mol. The molecule has 4 fully saturated rings. The molecule has 4 aromatic rings. The minimum atomic E-state index is -0.930. The van der Waals surface area contributed by atoms with E-state index in [9.17, 15) is 38.3 Å². The number of nitrogens with one attached hydrogen (secondary N) is 2. The van der Waals surface area contributed by atoms with Crippen LogP contribution in [-0.4, -0.2) is 239 Å². The van der Waals surface area contributed by atoms with Gasteiger partial charge in [-0.3, -0.25) is 19.2 Å². The average Bonchev–Trinajstić information content (AvgIpc) is 3.53. The normalized spacial score (nSPS) is 14.5. The van der Waals surface area contributed by atoms with Gasteiger partial charge in [0.05, 0.1) is 30.9 Å². The number of ether oxygens (including phenoxy) is 2. The molecule has 4 saturated heterocycles. The zero-order valence-electron chi connectivity index (χ0n) is 46.7. The van der Waals surface area contributed by atoms with E-state index in [4.69, 9.17) is 28.6 Å². The number of carboxylic acids is 1. The summed E-state index contributed by atoms with van der Waals surface area (Å²) in [5.74, 6) is -2.78. The molecule has 0 bridgehead atoms. The van der Waals surface area contributed by atoms with Crippen LogP contribution in [-0.2, 0) is 23.9 Å². The van der Waals surface area contributed by atoms with Crippen LogP contribution in [0.15, 0.2) is 97.1 Å². The van der Waals surface area contributed by atoms with Crippen molar-refractivity contribution in [2.24, 2.45) is 5.73 Å². The third-order valence-corrected chi connectivity index (χ3v) is 12.7. The maximum atomic E-state index is 11.4. The molecule has 4 heterocycles. The molecule has 7 radical (unpaired) electrons. The fourth-order valence-electron chi connectivity index (χ4n) is 8.25. The number of carbonyl (C=O) groups is 7. The van der Waals surface area contributed by atoms with Gasteiger partial charge in [-0.05, 0) is 104 Å². The summed E-state index contributed by atoms with van der Waals surface area (Å²) in [6.45, 7) is 13.8. The van der Waals surface area contributed by atoms with Gasteiger partial charge in [-0.15, -0.1) is 0 Å². The number of methoxy groups -OCH3 is 2. The van der Waals surface area contributed by atoms with Gasteiger partial charge >= 0.3 is 60.3 Å². The first kappa shape index (κ1) is 67.6. The summed E-state index contributed by atoms with van der Waals surface area (Å²) in [5, 5.41) is 14.7. The molecule has 4 amide bonds. The standard InChI is InChI=1S/C13H16BN3O2.C13H15BN2O3.C12H13BN2O3.C12H16N2O2.C2H5B2O3.CH5N/c1-15-12(18)10-2-4-11(5-3-10)16-6-8-17(9-7-16)13(14)19;1-19-12(17)10-2-4-11(5-3-10)15-6-8-16(9-7-15)13(14)18;13-12(18)15-7-5-14(6-8-15)10-3-1-9(2-4-10)11(16)17;1-16-12(15)10-2-4-11(5-3-10)14-8-6-13-7-9-14;1-3-7-6-2-4-5;1-2/h2-5H,6-9H2,1H3,(H,15,18);2-5H,6-9H2,1H3;1-4H,5-8H2,(H,16,17);2-5,13H,6-9H2,1H3;2H2,1H3;2H2,1H3. The zero-order chi connectivity index (χ0) is 59.7. The molecule has 81 heavy (non-hydrogen) atoms. The number of anilines is 4. The van der Waals surface area contributed by atoms with E-state index in [1.54, 1.807) is 77.1 Å². The van der Waals surface area contributed by atoms with Crippen LogP contribution < -0.4 is 36.0 Å². The number of benzene rings is 4. The van der Waals surface area contributed by atoms with Crippen LogP contribution in [0.3, 0.4) is 0 Å². The number of rotatable bonds is 12. The largest absolute Gasteiger partial charge is 0.478 e. The number of carbonyl (C=O) groups excluding carboxylic acids is 6. The first-order valence-electron chi connectivity index (χ1n) is 26.0. The van der Waals surface area contributed by atoms with Crippen molar-refractivity contribution in [1.29, 1.82) is 0 Å². The van der Waals surface area contributed by atoms with Gasteiger partial charge in [0.2, 0.25) is 23.5 Å². The molecule has 0 unspecified atom stereocenters. The van der Waals surface area contributed by atoms with Crippen LogP contribution in [0.25, 0.3) is 0 Å². The van der Waals surface area contributed by atoms with Crippen LogP contribution in [0.2, 0.25) is 6.82 Å². The number of carboxylic acid groups (broad SMARTS) is 1. The number of nitrogens with zero attached hydrogens (tertiary/aromatic N) is 7. The van der Waals surface area contributed by atoms with E-state index in [1.165, 1.54) is 28.7 Å². The third kappa shape index (κ3) is 23.1. The summed E-state index contributed by atoms with van der Waals surface area (Å²) in [5.41, 5.74) is 10.7. The maximum absolute atomic E-state index is 11.4. The summed E-state index contributed by atoms with van der Waals surface area (Å²) in [7, 11) is 23.5. The molecule has 4 aromatic carbocycles. The van der Waals surface area contributed by atoms with E-state index in [-0.39, 0.29) is 41.5 Å². The summed E-state index contributed by atoms with van der Waals surface area (Å²) >= 11 is 0. The fraction of sp³-hybridized carbons (Fsp3) is 0.415. The number of amides is 4. The molecule has 8 rings (SSSR count). The molecule has 23 nitrogen and oxygen atoms in total. The molecule has 28 heteroatoms. The maximum Gasteiger partial charge on any atom is 0.337 e. The Kier molecular flexibility index (Phi) is 31.1. The molecule has 0 atom stereocenters. The van der Waals surface area contributed by atoms with Gasteiger partial charge in [-0.25, -0.2) is 14.4 Å². The number of hydrogen-bond donors (Lipinski definition) is 4. The summed E-state index contributed by atoms with van der Waals surface area (Å²) < 4.78 is 18.8. The Bertz CT molecular complexity index is 2480. The van der Waals surface area contributed by atoms with Gasteiger partial charge in [-0.2, -0.15) is 0 Å². The second-order valence-electron chi connectivity index (χ2n) is 17.5. The monoisotopic (exact) mass is 1110 g/mol. The van der Waals surface area contributed by atoms with E-state index in [0.717, 1.165) is 75.1 Å². The quantitative estimate of drug-likeness (QED) is 0.0521. The molecule has 0 saturated carbocycles. The Morgan fingerprint density at radius 2 is 0.815 bits per heavy atom. The van der Waals surface area contributed by atoms with Crippen molar-refractivity contribution in [3.05, 3.63) is 119 Å². The third-order valence-electron chi connectivity index (χ3n) is 12.7. The first-order chi connectivity index (χ1) is 39.0. The van der Waals surface area contributed by atoms with E-state index in [0.29, 0.717) is 76.2 Å². The summed E-state index contributed by atoms with van der Waals surface area (Å²) in [4.78, 5) is 99.8. The van der Waals surface area contributed by atoms with E-state index < -0.39 is 11.8 Å². The SMILES string of the molecule is CN.COC(=O)c1ccc(N2CCNCC2)cc1.C[B]OOCB=O.[B]C(=O)N1CCN(c2ccc(C(=O)NC)cc2)CC1.[B]C(=O)N1CCN(c2ccc(C(=O)O)cc2)CC1.[B]C(=O)N1CCN(c2ccc(C(=O)OC)cc2)CC1. The number of aromatic carboxylic acids is 1. The first-order valence-corrected chi connectivity index (χ1v) is 26.0. The van der Waals surface area contributed by atoms with E-state index in [2.05, 4.69) is 55.1 Å². The molecular weight excluding hydrogens is 1040 g/mol. The molecule has 0 aromatic heterocycles. The molecular formula is C53H70B5N10O13. The Labute approximate surface area is 479 Å². The topological polar surface area (TPSA) is 266 Å². The molecule has 0 aliphatic carbocycles. The van der Waals surface area contributed by atoms with Crippen molar-refractivity contribution in [1.82, 2.24) is 25.3 Å². The molecule has 5 N–H and O–H groups in total. The Morgan fingerprint density at radius 3 is 1.07 bits per heavy atom. The molecule has 4 aliphatic rings. The van der Waals surface area contributed by atoms with Gasteiger partial charge in [0.1, 0.15) is 0 Å². The minimum Gasteiger partial charge on any atom is -0.478 e. The van der Waals surface area contributed by atoms with Crippen LogP contribution in [0.5, 0.6) is 0 Å². The van der Waals surface area contributed by atoms with Crippen LogP contribution in [0, 0.1) is 0 Å². The predicted octanol–water partition coefficient (Wildman–Crippen LogP) is 2.20. The fourth-order valence-corrected chi connectivity index (χ4v) is 8.25. The van der Waals surface area contributed by atoms with Crippen LogP contribution >= 0.6 is 0 Å². The van der Waals surface area contributed by atoms with Crippen LogP contribution in [0.1, 0.15) is 41.4 Å². The van der Waals surface area contributed by atoms with Crippen LogP contribution in [0.4, 0.5) is 37.1 Å². The number of nitrogens with two attached hydrogens (primary N) is 1. The number of esters is 2. The Morgan fingerprint density at radius 1 is 0.519 bits per heavy atom. The van der Waals surface area contributed by atoms with Gasteiger partial charge < -0.3 is 65.2 Å². The number of hydrogen-bond acceptors (Lipinski definition) is 18. The van der Waals surface area contributed by atoms with E-state index >= 15 is 0 Å².